The molecule has 2 amide bonds. The van der Waals surface area contributed by atoms with Crippen molar-refractivity contribution in [3.05, 3.63) is 29.8 Å². The van der Waals surface area contributed by atoms with Gasteiger partial charge in [0.2, 0.25) is 0 Å². The second-order valence-electron chi connectivity index (χ2n) is 5.84. The number of hydrogen-bond donors (Lipinski definition) is 4. The lowest BCUT2D eigenvalue weighted by atomic mass is 9.95. The van der Waals surface area contributed by atoms with Crippen LogP contribution in [0.4, 0.5) is 4.79 Å². The molecule has 1 aliphatic carbocycles. The molecule has 1 saturated carbocycles. The zero-order valence-corrected chi connectivity index (χ0v) is 12.3. The molecular weight excluding hydrogens is 268 g/mol. The third kappa shape index (κ3) is 5.27. The Hall–Kier alpha value is -1.75. The minimum absolute atomic E-state index is 0.207. The van der Waals surface area contributed by atoms with Crippen LogP contribution in [-0.2, 0) is 6.54 Å². The number of phenols is 1. The summed E-state index contributed by atoms with van der Waals surface area (Å²) in [5, 5.41) is 25.1. The van der Waals surface area contributed by atoms with Gasteiger partial charge in [-0.2, -0.15) is 0 Å². The molecule has 1 aliphatic rings. The van der Waals surface area contributed by atoms with Crippen LogP contribution in [0.15, 0.2) is 24.3 Å². The average Bonchev–Trinajstić information content (AvgIpc) is 2.70. The van der Waals surface area contributed by atoms with Gasteiger partial charge in [-0.15, -0.1) is 0 Å². The standard InChI is InChI=1S/C16H24N2O3/c19-14-7-5-13(6-8-14)11-17-15(20)18-12-16(21)9-3-1-2-4-10-16/h5-8,19,21H,1-4,9-12H2,(H2,17,18,20). The van der Waals surface area contributed by atoms with E-state index in [0.29, 0.717) is 13.1 Å². The molecule has 0 heterocycles. The quantitative estimate of drug-likeness (QED) is 0.643. The molecule has 0 aromatic heterocycles. The van der Waals surface area contributed by atoms with Crippen LogP contribution in [0.3, 0.4) is 0 Å². The molecule has 116 valence electrons. The van der Waals surface area contributed by atoms with Crippen molar-refractivity contribution in [1.82, 2.24) is 10.6 Å². The van der Waals surface area contributed by atoms with E-state index in [-0.39, 0.29) is 11.8 Å². The fourth-order valence-electron chi connectivity index (χ4n) is 2.67. The second-order valence-corrected chi connectivity index (χ2v) is 5.84. The number of carbonyl (C=O) groups excluding carboxylic acids is 1. The molecule has 5 nitrogen and oxygen atoms in total. The van der Waals surface area contributed by atoms with Gasteiger partial charge in [-0.3, -0.25) is 0 Å². The summed E-state index contributed by atoms with van der Waals surface area (Å²) < 4.78 is 0. The largest absolute Gasteiger partial charge is 0.508 e. The van der Waals surface area contributed by atoms with Crippen molar-refractivity contribution in [2.75, 3.05) is 6.54 Å². The first-order valence-corrected chi connectivity index (χ1v) is 7.59. The van der Waals surface area contributed by atoms with Crippen LogP contribution in [0, 0.1) is 0 Å². The number of amides is 2. The summed E-state index contributed by atoms with van der Waals surface area (Å²) in [4.78, 5) is 11.8. The molecule has 1 aromatic carbocycles. The number of aliphatic hydroxyl groups is 1. The third-order valence-corrected chi connectivity index (χ3v) is 4.00. The van der Waals surface area contributed by atoms with E-state index in [2.05, 4.69) is 10.6 Å². The van der Waals surface area contributed by atoms with Crippen LogP contribution in [0.5, 0.6) is 5.75 Å². The zero-order valence-electron chi connectivity index (χ0n) is 12.3. The fourth-order valence-corrected chi connectivity index (χ4v) is 2.67. The van der Waals surface area contributed by atoms with Gasteiger partial charge in [-0.05, 0) is 30.5 Å². The fraction of sp³-hybridized carbons (Fsp3) is 0.562. The molecule has 4 N–H and O–H groups in total. The Balaban J connectivity index is 1.72. The minimum atomic E-state index is -0.758. The molecule has 0 unspecified atom stereocenters. The van der Waals surface area contributed by atoms with Crippen molar-refractivity contribution in [3.63, 3.8) is 0 Å². The van der Waals surface area contributed by atoms with Crippen LogP contribution in [0.1, 0.15) is 44.1 Å². The SMILES string of the molecule is O=C(NCc1ccc(O)cc1)NCC1(O)CCCCCC1. The first kappa shape index (κ1) is 15.6. The monoisotopic (exact) mass is 292 g/mol. The summed E-state index contributed by atoms with van der Waals surface area (Å²) >= 11 is 0. The van der Waals surface area contributed by atoms with Gasteiger partial charge in [0.1, 0.15) is 5.75 Å². The Bertz CT molecular complexity index is 451. The van der Waals surface area contributed by atoms with Gasteiger partial charge in [0.05, 0.1) is 5.60 Å². The number of rotatable bonds is 4. The summed E-state index contributed by atoms with van der Waals surface area (Å²) in [6, 6.07) is 6.41. The van der Waals surface area contributed by atoms with Crippen molar-refractivity contribution in [3.8, 4) is 5.75 Å². The van der Waals surface area contributed by atoms with E-state index >= 15 is 0 Å². The molecule has 1 aromatic rings. The highest BCUT2D eigenvalue weighted by Crippen LogP contribution is 2.26. The molecule has 0 radical (unpaired) electrons. The van der Waals surface area contributed by atoms with E-state index in [0.717, 1.165) is 44.1 Å². The Morgan fingerprint density at radius 3 is 2.29 bits per heavy atom. The molecule has 0 atom stereocenters. The molecule has 0 saturated heterocycles. The van der Waals surface area contributed by atoms with Gasteiger partial charge in [0.25, 0.3) is 0 Å². The number of urea groups is 1. The van der Waals surface area contributed by atoms with Gasteiger partial charge >= 0.3 is 6.03 Å². The third-order valence-electron chi connectivity index (χ3n) is 4.00. The minimum Gasteiger partial charge on any atom is -0.508 e. The van der Waals surface area contributed by atoms with Crippen molar-refractivity contribution < 1.29 is 15.0 Å². The van der Waals surface area contributed by atoms with Gasteiger partial charge in [0.15, 0.2) is 0 Å². The first-order chi connectivity index (χ1) is 10.1. The lowest BCUT2D eigenvalue weighted by Gasteiger charge is -2.26. The number of benzene rings is 1. The Kier molecular flexibility index (Phi) is 5.44. The zero-order chi connectivity index (χ0) is 15.1. The lowest BCUT2D eigenvalue weighted by Crippen LogP contribution is -2.46. The highest BCUT2D eigenvalue weighted by Gasteiger charge is 2.28. The van der Waals surface area contributed by atoms with Crippen LogP contribution >= 0.6 is 0 Å². The number of phenolic OH excluding ortho intramolecular Hbond substituents is 1. The number of carbonyl (C=O) groups is 1. The lowest BCUT2D eigenvalue weighted by molar-refractivity contribution is 0.0276. The van der Waals surface area contributed by atoms with Crippen molar-refractivity contribution >= 4 is 6.03 Å². The smallest absolute Gasteiger partial charge is 0.315 e. The predicted molar refractivity (Wildman–Crippen MR) is 81.0 cm³/mol. The van der Waals surface area contributed by atoms with Gasteiger partial charge in [-0.1, -0.05) is 37.8 Å². The van der Waals surface area contributed by atoms with Gasteiger partial charge in [0, 0.05) is 13.1 Å². The summed E-state index contributed by atoms with van der Waals surface area (Å²) in [7, 11) is 0. The van der Waals surface area contributed by atoms with E-state index < -0.39 is 5.60 Å². The van der Waals surface area contributed by atoms with Crippen molar-refractivity contribution in [1.29, 1.82) is 0 Å². The Labute approximate surface area is 125 Å². The summed E-state index contributed by atoms with van der Waals surface area (Å²) in [5.74, 6) is 0.207. The summed E-state index contributed by atoms with van der Waals surface area (Å²) in [6.45, 7) is 0.693. The van der Waals surface area contributed by atoms with E-state index in [1.807, 2.05) is 0 Å². The topological polar surface area (TPSA) is 81.6 Å². The molecule has 1 fully saturated rings. The Morgan fingerprint density at radius 2 is 1.67 bits per heavy atom. The maximum Gasteiger partial charge on any atom is 0.315 e. The summed E-state index contributed by atoms with van der Waals surface area (Å²) in [5.41, 5.74) is 0.156. The summed E-state index contributed by atoms with van der Waals surface area (Å²) in [6.07, 6.45) is 5.88. The van der Waals surface area contributed by atoms with Crippen LogP contribution < -0.4 is 10.6 Å². The first-order valence-electron chi connectivity index (χ1n) is 7.59. The van der Waals surface area contributed by atoms with Crippen LogP contribution in [0.2, 0.25) is 0 Å². The maximum atomic E-state index is 11.8. The number of hydrogen-bond acceptors (Lipinski definition) is 3. The highest BCUT2D eigenvalue weighted by molar-refractivity contribution is 5.73. The second kappa shape index (κ2) is 7.31. The van der Waals surface area contributed by atoms with Crippen LogP contribution in [-0.4, -0.2) is 28.4 Å². The molecule has 2 rings (SSSR count). The van der Waals surface area contributed by atoms with Crippen molar-refractivity contribution in [2.24, 2.45) is 0 Å². The number of nitrogens with one attached hydrogen (secondary N) is 2. The maximum absolute atomic E-state index is 11.8. The van der Waals surface area contributed by atoms with E-state index in [9.17, 15) is 15.0 Å². The molecule has 0 spiro atoms. The molecular formula is C16H24N2O3. The van der Waals surface area contributed by atoms with E-state index in [1.54, 1.807) is 24.3 Å². The van der Waals surface area contributed by atoms with Gasteiger partial charge < -0.3 is 20.8 Å². The Morgan fingerprint density at radius 1 is 1.05 bits per heavy atom. The van der Waals surface area contributed by atoms with E-state index in [4.69, 9.17) is 0 Å². The predicted octanol–water partition coefficient (Wildman–Crippen LogP) is 2.28. The van der Waals surface area contributed by atoms with Crippen LogP contribution in [0.25, 0.3) is 0 Å². The van der Waals surface area contributed by atoms with Crippen molar-refractivity contribution in [2.45, 2.75) is 50.7 Å². The normalized spacial score (nSPS) is 17.8. The van der Waals surface area contributed by atoms with Gasteiger partial charge in [-0.25, -0.2) is 4.79 Å². The highest BCUT2D eigenvalue weighted by atomic mass is 16.3. The van der Waals surface area contributed by atoms with E-state index in [1.165, 1.54) is 0 Å². The number of aromatic hydroxyl groups is 1. The average molecular weight is 292 g/mol. The molecule has 0 aliphatic heterocycles. The molecule has 21 heavy (non-hydrogen) atoms. The molecule has 5 heteroatoms. The molecule has 0 bridgehead atoms.